The molecular formula is C17H22N4O2. The van der Waals surface area contributed by atoms with Crippen molar-refractivity contribution in [3.8, 4) is 5.75 Å². The second-order valence-electron chi connectivity index (χ2n) is 6.07. The van der Waals surface area contributed by atoms with Crippen LogP contribution in [0.1, 0.15) is 18.4 Å². The van der Waals surface area contributed by atoms with Gasteiger partial charge in [0.05, 0.1) is 12.8 Å². The van der Waals surface area contributed by atoms with Crippen molar-refractivity contribution in [1.82, 2.24) is 19.9 Å². The highest BCUT2D eigenvalue weighted by atomic mass is 16.5. The fraction of sp³-hybridized carbons (Fsp3) is 0.471. The summed E-state index contributed by atoms with van der Waals surface area (Å²) in [5.74, 6) is 1.36. The third-order valence-electron chi connectivity index (χ3n) is 4.15. The highest BCUT2D eigenvalue weighted by Crippen LogP contribution is 2.19. The van der Waals surface area contributed by atoms with Gasteiger partial charge in [0.2, 0.25) is 5.91 Å². The lowest BCUT2D eigenvalue weighted by molar-refractivity contribution is -0.134. The summed E-state index contributed by atoms with van der Waals surface area (Å²) in [6, 6.07) is 8.08. The zero-order chi connectivity index (χ0) is 16.1. The van der Waals surface area contributed by atoms with Crippen molar-refractivity contribution in [1.29, 1.82) is 0 Å². The Morgan fingerprint density at radius 3 is 2.91 bits per heavy atom. The molecule has 1 aliphatic heterocycles. The number of carbonyl (C=O) groups is 1. The van der Waals surface area contributed by atoms with E-state index >= 15 is 0 Å². The van der Waals surface area contributed by atoms with Crippen LogP contribution in [0.25, 0.3) is 0 Å². The first-order chi connectivity index (χ1) is 11.2. The van der Waals surface area contributed by atoms with Gasteiger partial charge in [-0.2, -0.15) is 0 Å². The maximum atomic E-state index is 12.3. The van der Waals surface area contributed by atoms with E-state index in [1.54, 1.807) is 17.1 Å². The molecule has 3 rings (SSSR count). The molecule has 0 bridgehead atoms. The van der Waals surface area contributed by atoms with Gasteiger partial charge in [0.1, 0.15) is 12.3 Å². The van der Waals surface area contributed by atoms with E-state index in [-0.39, 0.29) is 12.5 Å². The van der Waals surface area contributed by atoms with Crippen molar-refractivity contribution in [2.24, 2.45) is 5.92 Å². The minimum atomic E-state index is 0.0931. The zero-order valence-corrected chi connectivity index (χ0v) is 13.4. The molecule has 0 radical (unpaired) electrons. The Morgan fingerprint density at radius 2 is 2.17 bits per heavy atom. The summed E-state index contributed by atoms with van der Waals surface area (Å²) in [7, 11) is 0. The number of aryl methyl sites for hydroxylation is 1. The predicted molar refractivity (Wildman–Crippen MR) is 86.0 cm³/mol. The first-order valence-electron chi connectivity index (χ1n) is 8.02. The van der Waals surface area contributed by atoms with Gasteiger partial charge in [0.15, 0.2) is 0 Å². The second-order valence-corrected chi connectivity index (χ2v) is 6.07. The average Bonchev–Trinajstić information content (AvgIpc) is 3.07. The lowest BCUT2D eigenvalue weighted by Gasteiger charge is -2.32. The van der Waals surface area contributed by atoms with Gasteiger partial charge in [-0.05, 0) is 31.9 Å². The molecular weight excluding hydrogens is 292 g/mol. The van der Waals surface area contributed by atoms with Crippen LogP contribution < -0.4 is 4.74 Å². The number of aromatic nitrogens is 3. The molecule has 0 spiro atoms. The monoisotopic (exact) mass is 314 g/mol. The number of hydrogen-bond donors (Lipinski definition) is 0. The number of nitrogens with zero attached hydrogens (tertiary/aromatic N) is 4. The number of piperidine rings is 1. The Kier molecular flexibility index (Phi) is 4.90. The van der Waals surface area contributed by atoms with Crippen molar-refractivity contribution in [3.63, 3.8) is 0 Å². The summed E-state index contributed by atoms with van der Waals surface area (Å²) >= 11 is 0. The lowest BCUT2D eigenvalue weighted by atomic mass is 9.99. The van der Waals surface area contributed by atoms with Gasteiger partial charge in [-0.3, -0.25) is 4.79 Å². The van der Waals surface area contributed by atoms with Crippen molar-refractivity contribution < 1.29 is 9.53 Å². The third-order valence-corrected chi connectivity index (χ3v) is 4.15. The van der Waals surface area contributed by atoms with E-state index in [0.29, 0.717) is 12.5 Å². The van der Waals surface area contributed by atoms with Crippen LogP contribution in [0.4, 0.5) is 0 Å². The van der Waals surface area contributed by atoms with Gasteiger partial charge in [-0.15, -0.1) is 5.10 Å². The van der Waals surface area contributed by atoms with E-state index in [1.807, 2.05) is 29.2 Å². The average molecular weight is 314 g/mol. The smallest absolute Gasteiger partial charge is 0.244 e. The maximum Gasteiger partial charge on any atom is 0.244 e. The first-order valence-corrected chi connectivity index (χ1v) is 8.02. The minimum absolute atomic E-state index is 0.0931. The quantitative estimate of drug-likeness (QED) is 0.846. The van der Waals surface area contributed by atoms with E-state index in [9.17, 15) is 4.79 Å². The Bertz CT molecular complexity index is 625. The van der Waals surface area contributed by atoms with Crippen molar-refractivity contribution in [3.05, 3.63) is 42.2 Å². The van der Waals surface area contributed by atoms with Crippen LogP contribution in [0.3, 0.4) is 0 Å². The molecule has 2 heterocycles. The summed E-state index contributed by atoms with van der Waals surface area (Å²) in [6.07, 6.45) is 5.41. The molecule has 1 amide bonds. The summed E-state index contributed by atoms with van der Waals surface area (Å²) in [5.41, 5.74) is 1.22. The van der Waals surface area contributed by atoms with Gasteiger partial charge < -0.3 is 9.64 Å². The van der Waals surface area contributed by atoms with Gasteiger partial charge in [0, 0.05) is 25.2 Å². The van der Waals surface area contributed by atoms with E-state index in [1.165, 1.54) is 5.56 Å². The van der Waals surface area contributed by atoms with E-state index in [0.717, 1.165) is 31.7 Å². The van der Waals surface area contributed by atoms with Crippen LogP contribution in [0.15, 0.2) is 36.7 Å². The van der Waals surface area contributed by atoms with Crippen LogP contribution >= 0.6 is 0 Å². The highest BCUT2D eigenvalue weighted by molar-refractivity contribution is 5.76. The molecule has 122 valence electrons. The molecule has 0 unspecified atom stereocenters. The Labute approximate surface area is 136 Å². The van der Waals surface area contributed by atoms with Gasteiger partial charge in [-0.25, -0.2) is 4.68 Å². The van der Waals surface area contributed by atoms with Crippen LogP contribution in [-0.4, -0.2) is 45.5 Å². The summed E-state index contributed by atoms with van der Waals surface area (Å²) in [6.45, 7) is 4.53. The molecule has 1 saturated heterocycles. The van der Waals surface area contributed by atoms with Crippen LogP contribution in [0.2, 0.25) is 0 Å². The van der Waals surface area contributed by atoms with Crippen molar-refractivity contribution >= 4 is 5.91 Å². The maximum absolute atomic E-state index is 12.3. The molecule has 0 N–H and O–H groups in total. The normalized spacial score (nSPS) is 18.0. The summed E-state index contributed by atoms with van der Waals surface area (Å²) in [5, 5.41) is 7.57. The number of rotatable bonds is 5. The Hall–Kier alpha value is -2.37. The van der Waals surface area contributed by atoms with Crippen LogP contribution in [0, 0.1) is 12.8 Å². The number of carbonyl (C=O) groups excluding carboxylic acids is 1. The molecule has 1 aromatic carbocycles. The summed E-state index contributed by atoms with van der Waals surface area (Å²) < 4.78 is 7.43. The second kappa shape index (κ2) is 7.26. The molecule has 1 fully saturated rings. The molecule has 0 saturated carbocycles. The highest BCUT2D eigenvalue weighted by Gasteiger charge is 2.24. The van der Waals surface area contributed by atoms with E-state index in [2.05, 4.69) is 17.2 Å². The molecule has 1 aromatic heterocycles. The molecule has 23 heavy (non-hydrogen) atoms. The molecule has 0 aliphatic carbocycles. The number of benzene rings is 1. The molecule has 6 heteroatoms. The SMILES string of the molecule is Cc1ccc(OC[C@@H]2CCCN(C(=O)Cn3ccnn3)C2)cc1. The van der Waals surface area contributed by atoms with Gasteiger partial charge in [0.25, 0.3) is 0 Å². The molecule has 1 aliphatic rings. The number of ether oxygens (including phenoxy) is 1. The minimum Gasteiger partial charge on any atom is -0.493 e. The van der Waals surface area contributed by atoms with Crippen LogP contribution in [-0.2, 0) is 11.3 Å². The van der Waals surface area contributed by atoms with Crippen molar-refractivity contribution in [2.75, 3.05) is 19.7 Å². The van der Waals surface area contributed by atoms with Crippen LogP contribution in [0.5, 0.6) is 5.75 Å². The van der Waals surface area contributed by atoms with Gasteiger partial charge >= 0.3 is 0 Å². The zero-order valence-electron chi connectivity index (χ0n) is 13.4. The lowest BCUT2D eigenvalue weighted by Crippen LogP contribution is -2.43. The topological polar surface area (TPSA) is 60.2 Å². The Morgan fingerprint density at radius 1 is 1.35 bits per heavy atom. The molecule has 6 nitrogen and oxygen atoms in total. The number of likely N-dealkylation sites (tertiary alicyclic amines) is 1. The fourth-order valence-corrected chi connectivity index (χ4v) is 2.83. The number of amides is 1. The predicted octanol–water partition coefficient (Wildman–Crippen LogP) is 1.90. The van der Waals surface area contributed by atoms with Crippen molar-refractivity contribution in [2.45, 2.75) is 26.3 Å². The molecule has 2 aromatic rings. The third kappa shape index (κ3) is 4.31. The Balaban J connectivity index is 1.49. The standard InChI is InChI=1S/C17H22N4O2/c1-14-4-6-16(7-5-14)23-13-15-3-2-9-20(11-15)17(22)12-21-10-8-18-19-21/h4-8,10,15H,2-3,9,11-13H2,1H3/t15-/m1/s1. The van der Waals surface area contributed by atoms with Gasteiger partial charge in [-0.1, -0.05) is 22.9 Å². The van der Waals surface area contributed by atoms with E-state index < -0.39 is 0 Å². The molecule has 1 atom stereocenters. The van der Waals surface area contributed by atoms with E-state index in [4.69, 9.17) is 4.74 Å². The first kappa shape index (κ1) is 15.5. The fourth-order valence-electron chi connectivity index (χ4n) is 2.83. The number of hydrogen-bond acceptors (Lipinski definition) is 4. The summed E-state index contributed by atoms with van der Waals surface area (Å²) in [4.78, 5) is 14.2. The largest absolute Gasteiger partial charge is 0.493 e.